The fourth-order valence-corrected chi connectivity index (χ4v) is 5.50. The van der Waals surface area contributed by atoms with E-state index in [0.29, 0.717) is 32.7 Å². The first-order valence-electron chi connectivity index (χ1n) is 9.88. The molecule has 3 aromatic rings. The molecule has 5 nitrogen and oxygen atoms in total. The van der Waals surface area contributed by atoms with Crippen molar-refractivity contribution in [3.8, 4) is 11.5 Å². The molecule has 0 saturated carbocycles. The minimum Gasteiger partial charge on any atom is -0.492 e. The molecular weight excluding hydrogens is 553 g/mol. The summed E-state index contributed by atoms with van der Waals surface area (Å²) in [5, 5.41) is 1.08. The Labute approximate surface area is 241 Å². The third kappa shape index (κ3) is 6.55. The maximum atomic E-state index is 12.3. The minimum absolute atomic E-state index is 0. The van der Waals surface area contributed by atoms with Crippen LogP contribution in [-0.4, -0.2) is 26.2 Å². The maximum absolute atomic E-state index is 12.3. The summed E-state index contributed by atoms with van der Waals surface area (Å²) < 4.78 is 46.2. The van der Waals surface area contributed by atoms with Gasteiger partial charge in [0.15, 0.2) is 0 Å². The van der Waals surface area contributed by atoms with Crippen LogP contribution in [0.25, 0.3) is 0 Å². The van der Waals surface area contributed by atoms with E-state index in [1.807, 2.05) is 0 Å². The van der Waals surface area contributed by atoms with Gasteiger partial charge in [0.2, 0.25) is 0 Å². The summed E-state index contributed by atoms with van der Waals surface area (Å²) in [5.41, 5.74) is 1.13. The van der Waals surface area contributed by atoms with Crippen LogP contribution in [0.4, 0.5) is 0 Å². The third-order valence-electron chi connectivity index (χ3n) is 4.78. The van der Waals surface area contributed by atoms with E-state index < -0.39 is 16.0 Å². The Balaban J connectivity index is 0.00000408. The number of hydrogen-bond acceptors (Lipinski definition) is 4. The SMILES string of the molecule is CCOc1c(Cl)cc(Cl)cc1C(c1ccccc1S(=O)(=O)O)c1cc(Cl)cc(Cl)c1OCC.[Na+]. The van der Waals surface area contributed by atoms with Crippen LogP contribution in [0, 0.1) is 0 Å². The molecule has 0 aliphatic rings. The fourth-order valence-electron chi connectivity index (χ4n) is 3.64. The minimum atomic E-state index is -4.60. The normalized spacial score (nSPS) is 11.3. The number of benzene rings is 3. The number of rotatable bonds is 8. The van der Waals surface area contributed by atoms with Gasteiger partial charge in [-0.15, -0.1) is 0 Å². The topological polar surface area (TPSA) is 72.8 Å². The van der Waals surface area contributed by atoms with Crippen molar-refractivity contribution in [1.82, 2.24) is 0 Å². The smallest absolute Gasteiger partial charge is 0.492 e. The molecule has 176 valence electrons. The summed E-state index contributed by atoms with van der Waals surface area (Å²) in [6.07, 6.45) is 0. The van der Waals surface area contributed by atoms with Gasteiger partial charge in [-0.1, -0.05) is 64.6 Å². The van der Waals surface area contributed by atoms with E-state index in [9.17, 15) is 13.0 Å². The van der Waals surface area contributed by atoms with Crippen molar-refractivity contribution in [3.05, 3.63) is 85.3 Å². The summed E-state index contributed by atoms with van der Waals surface area (Å²) in [6.45, 7) is 4.15. The largest absolute Gasteiger partial charge is 1.00 e. The average molecular weight is 573 g/mol. The molecule has 0 fully saturated rings. The van der Waals surface area contributed by atoms with Crippen LogP contribution in [-0.2, 0) is 10.1 Å². The van der Waals surface area contributed by atoms with Crippen LogP contribution in [0.5, 0.6) is 11.5 Å². The molecule has 0 atom stereocenters. The van der Waals surface area contributed by atoms with Gasteiger partial charge in [0, 0.05) is 27.1 Å². The van der Waals surface area contributed by atoms with E-state index in [0.717, 1.165) is 0 Å². The van der Waals surface area contributed by atoms with E-state index in [-0.39, 0.29) is 63.3 Å². The molecule has 0 radical (unpaired) electrons. The van der Waals surface area contributed by atoms with Gasteiger partial charge in [-0.2, -0.15) is 8.42 Å². The molecule has 3 rings (SSSR count). The predicted octanol–water partition coefficient (Wildman–Crippen LogP) is 4.53. The zero-order valence-corrected chi connectivity index (χ0v) is 24.5. The van der Waals surface area contributed by atoms with Gasteiger partial charge < -0.3 is 9.47 Å². The third-order valence-corrected chi connectivity index (χ3v) is 6.71. The molecule has 0 saturated heterocycles. The second kappa shape index (κ2) is 12.5. The molecule has 0 bridgehead atoms. The molecule has 0 aliphatic carbocycles. The average Bonchev–Trinajstić information content (AvgIpc) is 2.72. The Morgan fingerprint density at radius 2 is 1.24 bits per heavy atom. The fraction of sp³-hybridized carbons (Fsp3) is 0.217. The van der Waals surface area contributed by atoms with Crippen LogP contribution in [0.1, 0.15) is 36.5 Å². The molecule has 0 aromatic heterocycles. The number of ether oxygens (including phenoxy) is 2. The molecule has 0 unspecified atom stereocenters. The van der Waals surface area contributed by atoms with Gasteiger partial charge in [0.1, 0.15) is 11.5 Å². The molecule has 34 heavy (non-hydrogen) atoms. The zero-order valence-electron chi connectivity index (χ0n) is 18.6. The van der Waals surface area contributed by atoms with Crippen molar-refractivity contribution in [2.75, 3.05) is 13.2 Å². The first kappa shape index (κ1) is 29.6. The number of halogens is 4. The number of hydrogen-bond donors (Lipinski definition) is 1. The quantitative estimate of drug-likeness (QED) is 0.244. The Hall–Kier alpha value is -0.670. The van der Waals surface area contributed by atoms with Gasteiger partial charge in [0.25, 0.3) is 10.1 Å². The van der Waals surface area contributed by atoms with E-state index in [1.54, 1.807) is 38.1 Å². The van der Waals surface area contributed by atoms with Crippen LogP contribution in [0.3, 0.4) is 0 Å². The first-order valence-corrected chi connectivity index (χ1v) is 12.8. The second-order valence-corrected chi connectivity index (χ2v) is 10.0. The molecule has 1 N–H and O–H groups in total. The Morgan fingerprint density at radius 1 is 0.794 bits per heavy atom. The van der Waals surface area contributed by atoms with E-state index in [2.05, 4.69) is 0 Å². The second-order valence-electron chi connectivity index (χ2n) is 6.92. The monoisotopic (exact) mass is 571 g/mol. The van der Waals surface area contributed by atoms with Crippen LogP contribution < -0.4 is 39.0 Å². The summed E-state index contributed by atoms with van der Waals surface area (Å²) in [7, 11) is -4.60. The summed E-state index contributed by atoms with van der Waals surface area (Å²) >= 11 is 25.6. The van der Waals surface area contributed by atoms with Gasteiger partial charge in [-0.05, 0) is 49.7 Å². The van der Waals surface area contributed by atoms with Crippen LogP contribution in [0.15, 0.2) is 53.4 Å². The van der Waals surface area contributed by atoms with Crippen molar-refractivity contribution in [3.63, 3.8) is 0 Å². The molecule has 11 heteroatoms. The maximum Gasteiger partial charge on any atom is 1.00 e. The molecule has 0 spiro atoms. The van der Waals surface area contributed by atoms with Crippen molar-refractivity contribution >= 4 is 56.5 Å². The van der Waals surface area contributed by atoms with Crippen molar-refractivity contribution in [2.24, 2.45) is 0 Å². The Morgan fingerprint density at radius 3 is 1.65 bits per heavy atom. The molecular formula is C23H20Cl4NaO5S+. The summed E-state index contributed by atoms with van der Waals surface area (Å²) in [4.78, 5) is -0.299. The van der Waals surface area contributed by atoms with Gasteiger partial charge in [0.05, 0.1) is 28.2 Å². The van der Waals surface area contributed by atoms with Gasteiger partial charge in [-0.25, -0.2) is 0 Å². The standard InChI is InChI=1S/C23H20Cl4O5S.Na/c1-3-31-22-16(9-13(24)11-18(22)26)21(15-7-5-6-8-20(15)33(28,29)30)17-10-14(25)12-19(27)23(17)32-4-2;/h5-12,21H,3-4H2,1-2H3,(H,28,29,30);/q;+1. The van der Waals surface area contributed by atoms with Crippen molar-refractivity contribution in [1.29, 1.82) is 0 Å². The van der Waals surface area contributed by atoms with Crippen molar-refractivity contribution in [2.45, 2.75) is 24.7 Å². The molecule has 0 amide bonds. The first-order chi connectivity index (χ1) is 15.6. The molecule has 0 aliphatic heterocycles. The van der Waals surface area contributed by atoms with Crippen LogP contribution in [0.2, 0.25) is 20.1 Å². The summed E-state index contributed by atoms with van der Waals surface area (Å²) in [5.74, 6) is -0.270. The van der Waals surface area contributed by atoms with E-state index in [4.69, 9.17) is 55.9 Å². The Kier molecular flexibility index (Phi) is 10.9. The van der Waals surface area contributed by atoms with Crippen molar-refractivity contribution < 1.29 is 52.0 Å². The molecule has 0 heterocycles. The van der Waals surface area contributed by atoms with E-state index >= 15 is 0 Å². The van der Waals surface area contributed by atoms with Gasteiger partial charge >= 0.3 is 29.6 Å². The van der Waals surface area contributed by atoms with Gasteiger partial charge in [-0.3, -0.25) is 4.55 Å². The predicted molar refractivity (Wildman–Crippen MR) is 132 cm³/mol. The van der Waals surface area contributed by atoms with E-state index in [1.165, 1.54) is 24.3 Å². The summed E-state index contributed by atoms with van der Waals surface area (Å²) in [6, 6.07) is 12.3. The van der Waals surface area contributed by atoms with Crippen LogP contribution >= 0.6 is 46.4 Å². The zero-order chi connectivity index (χ0) is 24.3. The Bertz CT molecular complexity index is 1220. The molecule has 3 aromatic carbocycles.